The Morgan fingerprint density at radius 2 is 1.87 bits per heavy atom. The van der Waals surface area contributed by atoms with Crippen LogP contribution >= 0.6 is 0 Å². The zero-order valence-electron chi connectivity index (χ0n) is 10.2. The van der Waals surface area contributed by atoms with Crippen molar-refractivity contribution < 1.29 is 4.79 Å². The van der Waals surface area contributed by atoms with E-state index >= 15 is 0 Å². The average molecular weight is 211 g/mol. The van der Waals surface area contributed by atoms with Crippen molar-refractivity contribution in [2.24, 2.45) is 17.6 Å². The van der Waals surface area contributed by atoms with E-state index in [0.29, 0.717) is 0 Å². The topological polar surface area (TPSA) is 43.1 Å². The van der Waals surface area contributed by atoms with E-state index < -0.39 is 0 Å². The highest BCUT2D eigenvalue weighted by Gasteiger charge is 2.20. The minimum absolute atomic E-state index is 0.130. The van der Waals surface area contributed by atoms with Crippen molar-refractivity contribution >= 4 is 5.78 Å². The molecule has 0 bridgehead atoms. The van der Waals surface area contributed by atoms with Gasteiger partial charge in [0.25, 0.3) is 0 Å². The van der Waals surface area contributed by atoms with Crippen LogP contribution in [0.2, 0.25) is 0 Å². The molecule has 1 aliphatic rings. The van der Waals surface area contributed by atoms with Crippen molar-refractivity contribution in [2.45, 2.75) is 64.8 Å². The SMILES string of the molecule is CC(=O)[C@@H](N)CC[C@@H](C)C1CCCCC1. The summed E-state index contributed by atoms with van der Waals surface area (Å²) < 4.78 is 0. The molecule has 15 heavy (non-hydrogen) atoms. The van der Waals surface area contributed by atoms with Gasteiger partial charge in [0.1, 0.15) is 5.78 Å². The fourth-order valence-electron chi connectivity index (χ4n) is 2.58. The molecule has 0 amide bonds. The number of rotatable bonds is 5. The van der Waals surface area contributed by atoms with E-state index in [1.54, 1.807) is 6.92 Å². The van der Waals surface area contributed by atoms with E-state index in [2.05, 4.69) is 6.92 Å². The number of Topliss-reactive ketones (excluding diaryl/α,β-unsaturated/α-hetero) is 1. The summed E-state index contributed by atoms with van der Waals surface area (Å²) in [5, 5.41) is 0. The molecule has 0 aromatic heterocycles. The van der Waals surface area contributed by atoms with Crippen molar-refractivity contribution in [2.75, 3.05) is 0 Å². The summed E-state index contributed by atoms with van der Waals surface area (Å²) in [7, 11) is 0. The van der Waals surface area contributed by atoms with E-state index in [4.69, 9.17) is 5.73 Å². The lowest BCUT2D eigenvalue weighted by Crippen LogP contribution is -2.29. The molecule has 0 radical (unpaired) electrons. The van der Waals surface area contributed by atoms with E-state index in [-0.39, 0.29) is 11.8 Å². The Morgan fingerprint density at radius 1 is 1.27 bits per heavy atom. The molecule has 2 atom stereocenters. The maximum atomic E-state index is 11.0. The van der Waals surface area contributed by atoms with Crippen LogP contribution in [0, 0.1) is 11.8 Å². The van der Waals surface area contributed by atoms with Crippen LogP contribution in [0.5, 0.6) is 0 Å². The molecule has 1 aliphatic carbocycles. The first-order valence-electron chi connectivity index (χ1n) is 6.37. The molecule has 2 heteroatoms. The van der Waals surface area contributed by atoms with Gasteiger partial charge in [-0.1, -0.05) is 39.0 Å². The fraction of sp³-hybridized carbons (Fsp3) is 0.923. The van der Waals surface area contributed by atoms with Crippen molar-refractivity contribution in [1.29, 1.82) is 0 Å². The van der Waals surface area contributed by atoms with Crippen LogP contribution < -0.4 is 5.73 Å². The van der Waals surface area contributed by atoms with Gasteiger partial charge in [0, 0.05) is 0 Å². The first kappa shape index (κ1) is 12.7. The molecule has 1 rings (SSSR count). The summed E-state index contributed by atoms with van der Waals surface area (Å²) >= 11 is 0. The van der Waals surface area contributed by atoms with Gasteiger partial charge in [-0.15, -0.1) is 0 Å². The molecule has 0 aromatic rings. The molecule has 2 nitrogen and oxygen atoms in total. The largest absolute Gasteiger partial charge is 0.322 e. The van der Waals surface area contributed by atoms with Gasteiger partial charge in [-0.25, -0.2) is 0 Å². The first-order chi connectivity index (χ1) is 7.11. The van der Waals surface area contributed by atoms with Crippen LogP contribution in [0.4, 0.5) is 0 Å². The van der Waals surface area contributed by atoms with Crippen LogP contribution in [0.25, 0.3) is 0 Å². The molecule has 0 unspecified atom stereocenters. The van der Waals surface area contributed by atoms with Gasteiger partial charge in [-0.05, 0) is 31.6 Å². The van der Waals surface area contributed by atoms with Crippen molar-refractivity contribution in [3.05, 3.63) is 0 Å². The van der Waals surface area contributed by atoms with Gasteiger partial charge in [0.2, 0.25) is 0 Å². The molecule has 1 fully saturated rings. The lowest BCUT2D eigenvalue weighted by atomic mass is 9.78. The van der Waals surface area contributed by atoms with E-state index in [0.717, 1.165) is 24.7 Å². The predicted molar refractivity (Wildman–Crippen MR) is 63.6 cm³/mol. The molecule has 0 aliphatic heterocycles. The third kappa shape index (κ3) is 4.33. The number of hydrogen-bond donors (Lipinski definition) is 1. The van der Waals surface area contributed by atoms with Crippen molar-refractivity contribution in [3.8, 4) is 0 Å². The van der Waals surface area contributed by atoms with E-state index in [1.807, 2.05) is 0 Å². The Bertz CT molecular complexity index is 197. The molecular formula is C13H25NO. The summed E-state index contributed by atoms with van der Waals surface area (Å²) in [6.45, 7) is 3.92. The molecule has 2 N–H and O–H groups in total. The maximum absolute atomic E-state index is 11.0. The van der Waals surface area contributed by atoms with E-state index in [1.165, 1.54) is 32.1 Å². The van der Waals surface area contributed by atoms with Gasteiger partial charge in [0.15, 0.2) is 0 Å². The highest BCUT2D eigenvalue weighted by molar-refractivity contribution is 5.81. The average Bonchev–Trinajstić information content (AvgIpc) is 2.26. The lowest BCUT2D eigenvalue weighted by molar-refractivity contribution is -0.118. The second-order valence-electron chi connectivity index (χ2n) is 5.17. The Labute approximate surface area is 93.6 Å². The van der Waals surface area contributed by atoms with Crippen LogP contribution in [0.15, 0.2) is 0 Å². The monoisotopic (exact) mass is 211 g/mol. The summed E-state index contributed by atoms with van der Waals surface area (Å²) in [5.41, 5.74) is 5.74. The van der Waals surface area contributed by atoms with Crippen LogP contribution in [0.3, 0.4) is 0 Å². The maximum Gasteiger partial charge on any atom is 0.146 e. The Balaban J connectivity index is 2.22. The van der Waals surface area contributed by atoms with Gasteiger partial charge < -0.3 is 5.73 Å². The van der Waals surface area contributed by atoms with Gasteiger partial charge in [0.05, 0.1) is 6.04 Å². The molecule has 1 saturated carbocycles. The highest BCUT2D eigenvalue weighted by atomic mass is 16.1. The van der Waals surface area contributed by atoms with Crippen LogP contribution in [-0.2, 0) is 4.79 Å². The zero-order valence-corrected chi connectivity index (χ0v) is 10.2. The number of hydrogen-bond acceptors (Lipinski definition) is 2. The summed E-state index contributed by atoms with van der Waals surface area (Å²) in [6, 6.07) is -0.226. The number of nitrogens with two attached hydrogens (primary N) is 1. The molecule has 88 valence electrons. The number of carbonyl (C=O) groups is 1. The third-order valence-electron chi connectivity index (χ3n) is 3.91. The van der Waals surface area contributed by atoms with Crippen LogP contribution in [0.1, 0.15) is 58.8 Å². The summed E-state index contributed by atoms with van der Waals surface area (Å²) in [6.07, 6.45) is 8.96. The van der Waals surface area contributed by atoms with Crippen LogP contribution in [-0.4, -0.2) is 11.8 Å². The minimum Gasteiger partial charge on any atom is -0.322 e. The smallest absolute Gasteiger partial charge is 0.146 e. The number of carbonyl (C=O) groups excluding carboxylic acids is 1. The lowest BCUT2D eigenvalue weighted by Gasteiger charge is -2.28. The quantitative estimate of drug-likeness (QED) is 0.760. The Hall–Kier alpha value is -0.370. The number of ketones is 1. The molecule has 0 aromatic carbocycles. The highest BCUT2D eigenvalue weighted by Crippen LogP contribution is 2.32. The Kier molecular flexibility index (Phi) is 5.30. The summed E-state index contributed by atoms with van der Waals surface area (Å²) in [4.78, 5) is 11.0. The Morgan fingerprint density at radius 3 is 2.40 bits per heavy atom. The molecule has 0 heterocycles. The van der Waals surface area contributed by atoms with Gasteiger partial charge >= 0.3 is 0 Å². The third-order valence-corrected chi connectivity index (χ3v) is 3.91. The van der Waals surface area contributed by atoms with Gasteiger partial charge in [-0.3, -0.25) is 4.79 Å². The molecule has 0 saturated heterocycles. The standard InChI is InChI=1S/C13H25NO/c1-10(8-9-13(14)11(2)15)12-6-4-3-5-7-12/h10,12-13H,3-9,14H2,1-2H3/t10-,13+/m1/s1. The normalized spacial score (nSPS) is 22.3. The van der Waals surface area contributed by atoms with Crippen molar-refractivity contribution in [1.82, 2.24) is 0 Å². The fourth-order valence-corrected chi connectivity index (χ4v) is 2.58. The first-order valence-corrected chi connectivity index (χ1v) is 6.37. The molecular weight excluding hydrogens is 186 g/mol. The second kappa shape index (κ2) is 6.26. The van der Waals surface area contributed by atoms with Crippen molar-refractivity contribution in [3.63, 3.8) is 0 Å². The summed E-state index contributed by atoms with van der Waals surface area (Å²) in [5.74, 6) is 1.76. The van der Waals surface area contributed by atoms with Gasteiger partial charge in [-0.2, -0.15) is 0 Å². The second-order valence-corrected chi connectivity index (χ2v) is 5.17. The molecule has 0 spiro atoms. The minimum atomic E-state index is -0.226. The predicted octanol–water partition coefficient (Wildman–Crippen LogP) is 2.90. The zero-order chi connectivity index (χ0) is 11.3. The van der Waals surface area contributed by atoms with E-state index in [9.17, 15) is 4.79 Å².